The Labute approximate surface area is 193 Å². The van der Waals surface area contributed by atoms with Gasteiger partial charge < -0.3 is 15.5 Å². The van der Waals surface area contributed by atoms with Crippen LogP contribution in [0.15, 0.2) is 30.5 Å². The summed E-state index contributed by atoms with van der Waals surface area (Å²) in [5, 5.41) is 16.3. The van der Waals surface area contributed by atoms with E-state index in [9.17, 15) is 4.79 Å². The molecule has 5 rings (SSSR count). The molecule has 2 N–H and O–H groups in total. The van der Waals surface area contributed by atoms with E-state index in [1.807, 2.05) is 29.2 Å². The van der Waals surface area contributed by atoms with E-state index in [1.165, 1.54) is 23.1 Å². The number of rotatable bonds is 6. The summed E-state index contributed by atoms with van der Waals surface area (Å²) in [6.07, 6.45) is 3.86. The van der Waals surface area contributed by atoms with Crippen LogP contribution in [0.1, 0.15) is 36.5 Å². The highest BCUT2D eigenvalue weighted by Crippen LogP contribution is 2.33. The molecule has 1 amide bonds. The second kappa shape index (κ2) is 8.75. The van der Waals surface area contributed by atoms with Gasteiger partial charge in [0, 0.05) is 42.8 Å². The molecule has 3 aromatic heterocycles. The highest BCUT2D eigenvalue weighted by Gasteiger charge is 2.24. The lowest BCUT2D eigenvalue weighted by atomic mass is 10.2. The van der Waals surface area contributed by atoms with Crippen molar-refractivity contribution in [2.24, 2.45) is 0 Å². The van der Waals surface area contributed by atoms with Gasteiger partial charge >= 0.3 is 0 Å². The molecule has 0 aliphatic carbocycles. The van der Waals surface area contributed by atoms with Crippen LogP contribution < -0.4 is 10.6 Å². The van der Waals surface area contributed by atoms with Crippen molar-refractivity contribution in [1.29, 1.82) is 0 Å². The zero-order valence-electron chi connectivity index (χ0n) is 17.7. The number of nitrogens with one attached hydrogen (secondary N) is 2. The van der Waals surface area contributed by atoms with Crippen LogP contribution in [-0.2, 0) is 0 Å². The maximum atomic E-state index is 12.7. The molecule has 1 fully saturated rings. The zero-order chi connectivity index (χ0) is 22.1. The van der Waals surface area contributed by atoms with E-state index in [0.717, 1.165) is 53.9 Å². The van der Waals surface area contributed by atoms with Crippen molar-refractivity contribution in [2.75, 3.05) is 23.7 Å². The number of carbonyl (C=O) groups is 1. The van der Waals surface area contributed by atoms with Crippen LogP contribution in [0.4, 0.5) is 17.2 Å². The number of amides is 1. The first kappa shape index (κ1) is 20.7. The van der Waals surface area contributed by atoms with Crippen molar-refractivity contribution < 1.29 is 4.79 Å². The third-order valence-corrected chi connectivity index (χ3v) is 6.61. The van der Waals surface area contributed by atoms with E-state index in [2.05, 4.69) is 48.4 Å². The summed E-state index contributed by atoms with van der Waals surface area (Å²) in [7, 11) is 0. The van der Waals surface area contributed by atoms with Gasteiger partial charge in [0.15, 0.2) is 5.01 Å². The monoisotopic (exact) mass is 466 g/mol. The molecule has 1 saturated heterocycles. The highest BCUT2D eigenvalue weighted by molar-refractivity contribution is 7.16. The van der Waals surface area contributed by atoms with Crippen molar-refractivity contribution >= 4 is 57.2 Å². The minimum absolute atomic E-state index is 0.0391. The standard InChI is InChI=1S/C21H22N8OS2/c1-12(2)23-16-10-18(24-13-5-6-15-17(9-13)28-32-27-15)22-11-14(16)19-25-26-20(31-19)21(30)29-7-3-4-8-29/h5-6,9-12H,3-4,7-8H2,1-2H3,(H2,22,23,24). The van der Waals surface area contributed by atoms with Crippen molar-refractivity contribution in [3.63, 3.8) is 0 Å². The number of hydrogen-bond donors (Lipinski definition) is 2. The first-order valence-corrected chi connectivity index (χ1v) is 12.0. The second-order valence-electron chi connectivity index (χ2n) is 7.92. The number of likely N-dealkylation sites (tertiary alicyclic amines) is 1. The number of fused-ring (bicyclic) bond motifs is 1. The molecule has 164 valence electrons. The average Bonchev–Trinajstić information content (AvgIpc) is 3.54. The fourth-order valence-corrected chi connectivity index (χ4v) is 4.96. The van der Waals surface area contributed by atoms with Crippen molar-refractivity contribution in [2.45, 2.75) is 32.7 Å². The molecule has 1 aliphatic rings. The fraction of sp³-hybridized carbons (Fsp3) is 0.333. The van der Waals surface area contributed by atoms with Crippen LogP contribution in [0, 0.1) is 0 Å². The van der Waals surface area contributed by atoms with Gasteiger partial charge in [-0.3, -0.25) is 4.79 Å². The van der Waals surface area contributed by atoms with Gasteiger partial charge in [-0.2, -0.15) is 8.75 Å². The second-order valence-corrected chi connectivity index (χ2v) is 9.42. The van der Waals surface area contributed by atoms with E-state index >= 15 is 0 Å². The Hall–Kier alpha value is -3.18. The SMILES string of the molecule is CC(C)Nc1cc(Nc2ccc3nsnc3c2)ncc1-c1nnc(C(=O)N2CCCC2)s1. The Morgan fingerprint density at radius 2 is 1.91 bits per heavy atom. The van der Waals surface area contributed by atoms with Gasteiger partial charge in [0.2, 0.25) is 5.01 Å². The third kappa shape index (κ3) is 4.26. The molecular weight excluding hydrogens is 444 g/mol. The molecule has 1 aliphatic heterocycles. The lowest BCUT2D eigenvalue weighted by Gasteiger charge is -2.15. The first-order chi connectivity index (χ1) is 15.6. The molecule has 0 bridgehead atoms. The maximum absolute atomic E-state index is 12.7. The van der Waals surface area contributed by atoms with Crippen LogP contribution in [0.25, 0.3) is 21.6 Å². The quantitative estimate of drug-likeness (QED) is 0.430. The molecule has 0 unspecified atom stereocenters. The van der Waals surface area contributed by atoms with Crippen LogP contribution in [0.5, 0.6) is 0 Å². The van der Waals surface area contributed by atoms with Crippen LogP contribution in [0.3, 0.4) is 0 Å². The Balaban J connectivity index is 1.42. The molecule has 9 nitrogen and oxygen atoms in total. The molecule has 32 heavy (non-hydrogen) atoms. The molecular formula is C21H22N8OS2. The minimum atomic E-state index is -0.0391. The van der Waals surface area contributed by atoms with E-state index in [4.69, 9.17) is 0 Å². The normalized spacial score (nSPS) is 13.8. The summed E-state index contributed by atoms with van der Waals surface area (Å²) in [5.41, 5.74) is 4.31. The topological polar surface area (TPSA) is 109 Å². The lowest BCUT2D eigenvalue weighted by Crippen LogP contribution is -2.27. The minimum Gasteiger partial charge on any atom is -0.382 e. The van der Waals surface area contributed by atoms with E-state index in [-0.39, 0.29) is 11.9 Å². The van der Waals surface area contributed by atoms with Gasteiger partial charge in [0.1, 0.15) is 16.9 Å². The van der Waals surface area contributed by atoms with Crippen molar-refractivity contribution in [1.82, 2.24) is 28.8 Å². The number of pyridine rings is 1. The maximum Gasteiger partial charge on any atom is 0.284 e. The summed E-state index contributed by atoms with van der Waals surface area (Å²) in [6.45, 7) is 5.73. The Morgan fingerprint density at radius 3 is 2.72 bits per heavy atom. The molecule has 0 radical (unpaired) electrons. The van der Waals surface area contributed by atoms with Crippen LogP contribution >= 0.6 is 23.1 Å². The number of aromatic nitrogens is 5. The summed E-state index contributed by atoms with van der Waals surface area (Å²) in [5.74, 6) is 0.653. The molecule has 11 heteroatoms. The molecule has 0 saturated carbocycles. The number of hydrogen-bond acceptors (Lipinski definition) is 10. The molecule has 0 spiro atoms. The van der Waals surface area contributed by atoms with E-state index < -0.39 is 0 Å². The van der Waals surface area contributed by atoms with Gasteiger partial charge in [-0.25, -0.2) is 4.98 Å². The number of anilines is 3. The van der Waals surface area contributed by atoms with E-state index in [1.54, 1.807) is 6.20 Å². The largest absolute Gasteiger partial charge is 0.382 e. The van der Waals surface area contributed by atoms with Gasteiger partial charge in [0.25, 0.3) is 5.91 Å². The van der Waals surface area contributed by atoms with Gasteiger partial charge in [-0.05, 0) is 44.9 Å². The summed E-state index contributed by atoms with van der Waals surface area (Å²) in [6, 6.07) is 7.99. The van der Waals surface area contributed by atoms with Gasteiger partial charge in [0.05, 0.1) is 17.3 Å². The fourth-order valence-electron chi connectivity index (χ4n) is 3.61. The Bertz CT molecular complexity index is 1260. The van der Waals surface area contributed by atoms with Gasteiger partial charge in [-0.15, -0.1) is 10.2 Å². The first-order valence-electron chi connectivity index (χ1n) is 10.5. The third-order valence-electron chi connectivity index (χ3n) is 5.11. The molecule has 0 atom stereocenters. The van der Waals surface area contributed by atoms with Gasteiger partial charge in [-0.1, -0.05) is 11.3 Å². The number of nitrogens with zero attached hydrogens (tertiary/aromatic N) is 6. The smallest absolute Gasteiger partial charge is 0.284 e. The van der Waals surface area contributed by atoms with Crippen LogP contribution in [0.2, 0.25) is 0 Å². The Morgan fingerprint density at radius 1 is 1.09 bits per heavy atom. The molecule has 4 aromatic rings. The average molecular weight is 467 g/mol. The summed E-state index contributed by atoms with van der Waals surface area (Å²) >= 11 is 2.50. The van der Waals surface area contributed by atoms with E-state index in [0.29, 0.717) is 15.8 Å². The number of carbonyl (C=O) groups excluding carboxylic acids is 1. The predicted octanol–water partition coefficient (Wildman–Crippen LogP) is 4.40. The highest BCUT2D eigenvalue weighted by atomic mass is 32.1. The summed E-state index contributed by atoms with van der Waals surface area (Å²) < 4.78 is 8.53. The summed E-state index contributed by atoms with van der Waals surface area (Å²) in [4.78, 5) is 19.1. The van der Waals surface area contributed by atoms with Crippen LogP contribution in [-0.4, -0.2) is 53.9 Å². The van der Waals surface area contributed by atoms with Crippen molar-refractivity contribution in [3.8, 4) is 10.6 Å². The van der Waals surface area contributed by atoms with Crippen molar-refractivity contribution in [3.05, 3.63) is 35.5 Å². The lowest BCUT2D eigenvalue weighted by molar-refractivity contribution is 0.0791. The molecule has 1 aromatic carbocycles. The molecule has 4 heterocycles. The predicted molar refractivity (Wildman–Crippen MR) is 128 cm³/mol. The Kier molecular flexibility index (Phi) is 5.66. The zero-order valence-corrected chi connectivity index (χ0v) is 19.3. The number of benzene rings is 1.